The summed E-state index contributed by atoms with van der Waals surface area (Å²) in [6.07, 6.45) is 3.93. The SMILES string of the molecule is O=C(Oc1cccnc1Br)c1ccc(F)c(S(=O)(=O)N2CCCCC2)c1. The third kappa shape index (κ3) is 3.94. The molecule has 0 amide bonds. The Hall–Kier alpha value is -1.84. The van der Waals surface area contributed by atoms with Crippen molar-refractivity contribution in [3.8, 4) is 5.75 Å². The number of benzene rings is 1. The average Bonchev–Trinajstić information content (AvgIpc) is 2.64. The van der Waals surface area contributed by atoms with Gasteiger partial charge in [-0.1, -0.05) is 6.42 Å². The van der Waals surface area contributed by atoms with Gasteiger partial charge >= 0.3 is 5.97 Å². The van der Waals surface area contributed by atoms with Gasteiger partial charge < -0.3 is 4.74 Å². The molecule has 2 aromatic rings. The van der Waals surface area contributed by atoms with Crippen LogP contribution in [0.1, 0.15) is 29.6 Å². The molecule has 0 unspecified atom stereocenters. The lowest BCUT2D eigenvalue weighted by Gasteiger charge is -2.26. The highest BCUT2D eigenvalue weighted by Gasteiger charge is 2.29. The van der Waals surface area contributed by atoms with Gasteiger partial charge in [0.15, 0.2) is 5.75 Å². The van der Waals surface area contributed by atoms with Crippen molar-refractivity contribution in [1.82, 2.24) is 9.29 Å². The van der Waals surface area contributed by atoms with Crippen LogP contribution >= 0.6 is 15.9 Å². The number of nitrogens with zero attached hydrogens (tertiary/aromatic N) is 2. The summed E-state index contributed by atoms with van der Waals surface area (Å²) >= 11 is 3.16. The average molecular weight is 443 g/mol. The number of aromatic nitrogens is 1. The maximum Gasteiger partial charge on any atom is 0.343 e. The van der Waals surface area contributed by atoms with Gasteiger partial charge in [-0.25, -0.2) is 22.6 Å². The van der Waals surface area contributed by atoms with Gasteiger partial charge in [-0.3, -0.25) is 0 Å². The van der Waals surface area contributed by atoms with Crippen LogP contribution in [-0.2, 0) is 10.0 Å². The van der Waals surface area contributed by atoms with Crippen LogP contribution in [0.15, 0.2) is 46.0 Å². The molecular weight excluding hydrogens is 427 g/mol. The van der Waals surface area contributed by atoms with Crippen LogP contribution in [0.2, 0.25) is 0 Å². The highest BCUT2D eigenvalue weighted by Crippen LogP contribution is 2.26. The molecule has 26 heavy (non-hydrogen) atoms. The van der Waals surface area contributed by atoms with Crippen molar-refractivity contribution in [3.63, 3.8) is 0 Å². The first-order chi connectivity index (χ1) is 12.4. The minimum Gasteiger partial charge on any atom is -0.420 e. The molecule has 2 heterocycles. The number of sulfonamides is 1. The van der Waals surface area contributed by atoms with Gasteiger partial charge in [0.05, 0.1) is 5.56 Å². The summed E-state index contributed by atoms with van der Waals surface area (Å²) in [4.78, 5) is 15.8. The number of esters is 1. The third-order valence-electron chi connectivity index (χ3n) is 4.03. The Morgan fingerprint density at radius 1 is 1.19 bits per heavy atom. The van der Waals surface area contributed by atoms with Crippen molar-refractivity contribution in [2.45, 2.75) is 24.2 Å². The van der Waals surface area contributed by atoms with Gasteiger partial charge in [0.2, 0.25) is 10.0 Å². The zero-order valence-corrected chi connectivity index (χ0v) is 16.1. The Morgan fingerprint density at radius 2 is 1.92 bits per heavy atom. The minimum atomic E-state index is -4.00. The smallest absolute Gasteiger partial charge is 0.343 e. The number of rotatable bonds is 4. The van der Waals surface area contributed by atoms with E-state index in [-0.39, 0.29) is 11.3 Å². The van der Waals surface area contributed by atoms with Gasteiger partial charge in [-0.2, -0.15) is 4.31 Å². The van der Waals surface area contributed by atoms with E-state index in [1.54, 1.807) is 6.07 Å². The topological polar surface area (TPSA) is 76.6 Å². The number of hydrogen-bond acceptors (Lipinski definition) is 5. The summed E-state index contributed by atoms with van der Waals surface area (Å²) in [6, 6.07) is 6.29. The van der Waals surface area contributed by atoms with Crippen molar-refractivity contribution < 1.29 is 22.3 Å². The fourth-order valence-corrected chi connectivity index (χ4v) is 4.62. The normalized spacial score (nSPS) is 15.6. The van der Waals surface area contributed by atoms with E-state index >= 15 is 0 Å². The molecule has 1 aromatic carbocycles. The van der Waals surface area contributed by atoms with Crippen LogP contribution in [-0.4, -0.2) is 36.8 Å². The molecule has 0 spiro atoms. The quantitative estimate of drug-likeness (QED) is 0.535. The van der Waals surface area contributed by atoms with E-state index in [1.807, 2.05) is 0 Å². The van der Waals surface area contributed by atoms with Crippen LogP contribution in [0.25, 0.3) is 0 Å². The number of hydrogen-bond donors (Lipinski definition) is 0. The summed E-state index contributed by atoms with van der Waals surface area (Å²) in [6.45, 7) is 0.693. The predicted octanol–water partition coefficient (Wildman–Crippen LogP) is 3.38. The first-order valence-corrected chi connectivity index (χ1v) is 10.3. The molecule has 6 nitrogen and oxygen atoms in total. The van der Waals surface area contributed by atoms with Gasteiger partial charge in [-0.05, 0) is 59.1 Å². The molecular formula is C17H16BrFN2O4S. The first-order valence-electron chi connectivity index (χ1n) is 8.02. The van der Waals surface area contributed by atoms with Crippen LogP contribution in [0.5, 0.6) is 5.75 Å². The van der Waals surface area contributed by atoms with Gasteiger partial charge in [0.1, 0.15) is 15.3 Å². The van der Waals surface area contributed by atoms with Crippen molar-refractivity contribution >= 4 is 31.9 Å². The largest absolute Gasteiger partial charge is 0.420 e. The van der Waals surface area contributed by atoms with Crippen LogP contribution in [0, 0.1) is 5.82 Å². The Balaban J connectivity index is 1.90. The highest BCUT2D eigenvalue weighted by atomic mass is 79.9. The van der Waals surface area contributed by atoms with Crippen molar-refractivity contribution in [2.75, 3.05) is 13.1 Å². The van der Waals surface area contributed by atoms with E-state index in [2.05, 4.69) is 20.9 Å². The predicted molar refractivity (Wildman–Crippen MR) is 95.9 cm³/mol. The van der Waals surface area contributed by atoms with Crippen LogP contribution in [0.3, 0.4) is 0 Å². The van der Waals surface area contributed by atoms with Crippen molar-refractivity contribution in [1.29, 1.82) is 0 Å². The number of carbonyl (C=O) groups excluding carboxylic acids is 1. The van der Waals surface area contributed by atoms with Crippen molar-refractivity contribution in [2.24, 2.45) is 0 Å². The van der Waals surface area contributed by atoms with Gasteiger partial charge in [-0.15, -0.1) is 0 Å². The maximum absolute atomic E-state index is 14.2. The Kier molecular flexibility index (Phi) is 5.69. The number of piperidine rings is 1. The molecule has 0 bridgehead atoms. The molecule has 3 rings (SSSR count). The second-order valence-electron chi connectivity index (χ2n) is 5.79. The van der Waals surface area contributed by atoms with E-state index in [4.69, 9.17) is 4.74 Å². The Bertz CT molecular complexity index is 930. The summed E-state index contributed by atoms with van der Waals surface area (Å²) in [5, 5.41) is 0. The Morgan fingerprint density at radius 3 is 2.62 bits per heavy atom. The summed E-state index contributed by atoms with van der Waals surface area (Å²) < 4.78 is 46.4. The minimum absolute atomic E-state index is 0.0577. The van der Waals surface area contributed by atoms with E-state index in [0.717, 1.165) is 31.4 Å². The lowest BCUT2D eigenvalue weighted by Crippen LogP contribution is -2.36. The third-order valence-corrected chi connectivity index (χ3v) is 6.54. The highest BCUT2D eigenvalue weighted by molar-refractivity contribution is 9.10. The lowest BCUT2D eigenvalue weighted by atomic mass is 10.2. The number of pyridine rings is 1. The second-order valence-corrected chi connectivity index (χ2v) is 8.45. The first kappa shape index (κ1) is 18.9. The molecule has 0 radical (unpaired) electrons. The molecule has 1 aromatic heterocycles. The molecule has 138 valence electrons. The summed E-state index contributed by atoms with van der Waals surface area (Å²) in [7, 11) is -4.00. The summed E-state index contributed by atoms with van der Waals surface area (Å²) in [5.74, 6) is -1.51. The zero-order chi connectivity index (χ0) is 18.7. The molecule has 1 aliphatic rings. The maximum atomic E-state index is 14.2. The molecule has 1 saturated heterocycles. The standard InChI is InChI=1S/C17H16BrFN2O4S/c18-16-14(5-4-8-20-16)25-17(22)12-6-7-13(19)15(11-12)26(23,24)21-9-2-1-3-10-21/h4-8,11H,1-3,9-10H2. The molecule has 9 heteroatoms. The van der Waals surface area contributed by atoms with E-state index < -0.39 is 26.7 Å². The number of carbonyl (C=O) groups is 1. The number of ether oxygens (including phenoxy) is 1. The van der Waals surface area contributed by atoms with Gasteiger partial charge in [0.25, 0.3) is 0 Å². The molecule has 0 N–H and O–H groups in total. The number of halogens is 2. The second kappa shape index (κ2) is 7.81. The van der Waals surface area contributed by atoms with E-state index in [1.165, 1.54) is 22.6 Å². The Labute approximate surface area is 159 Å². The molecule has 1 fully saturated rings. The molecule has 0 atom stereocenters. The zero-order valence-electron chi connectivity index (χ0n) is 13.7. The monoisotopic (exact) mass is 442 g/mol. The van der Waals surface area contributed by atoms with E-state index in [0.29, 0.717) is 17.7 Å². The van der Waals surface area contributed by atoms with Crippen LogP contribution in [0.4, 0.5) is 4.39 Å². The fourth-order valence-electron chi connectivity index (χ4n) is 2.68. The van der Waals surface area contributed by atoms with E-state index in [9.17, 15) is 17.6 Å². The molecule has 0 aliphatic carbocycles. The van der Waals surface area contributed by atoms with Crippen LogP contribution < -0.4 is 4.74 Å². The fraction of sp³-hybridized carbons (Fsp3) is 0.294. The molecule has 1 aliphatic heterocycles. The van der Waals surface area contributed by atoms with Gasteiger partial charge in [0, 0.05) is 19.3 Å². The van der Waals surface area contributed by atoms with Crippen molar-refractivity contribution in [3.05, 3.63) is 52.5 Å². The lowest BCUT2D eigenvalue weighted by molar-refractivity contribution is 0.0732. The summed E-state index contributed by atoms with van der Waals surface area (Å²) in [5.41, 5.74) is -0.0577. The molecule has 0 saturated carbocycles.